The van der Waals surface area contributed by atoms with Crippen molar-refractivity contribution in [1.29, 1.82) is 0 Å². The molecule has 0 bridgehead atoms. The van der Waals surface area contributed by atoms with E-state index in [1.54, 1.807) is 6.07 Å². The molecule has 2 nitrogen and oxygen atoms in total. The van der Waals surface area contributed by atoms with Crippen molar-refractivity contribution >= 4 is 22.4 Å². The molecule has 1 rings (SSSR count). The molecule has 0 saturated heterocycles. The fourth-order valence-corrected chi connectivity index (χ4v) is 3.59. The second-order valence-corrected chi connectivity index (χ2v) is 5.92. The van der Waals surface area contributed by atoms with E-state index in [1.165, 1.54) is 0 Å². The second kappa shape index (κ2) is 6.38. The van der Waals surface area contributed by atoms with Crippen LogP contribution in [0.5, 0.6) is 0 Å². The van der Waals surface area contributed by atoms with E-state index in [4.69, 9.17) is 11.6 Å². The van der Waals surface area contributed by atoms with Crippen LogP contribution in [-0.2, 0) is 10.8 Å². The monoisotopic (exact) mass is 259 g/mol. The summed E-state index contributed by atoms with van der Waals surface area (Å²) < 4.78 is 12.3. The fraction of sp³-hybridized carbons (Fsp3) is 0.500. The lowest BCUT2D eigenvalue weighted by atomic mass is 10.2. The predicted molar refractivity (Wildman–Crippen MR) is 70.5 cm³/mol. The number of nitrogens with one attached hydrogen (secondary N) is 1. The first kappa shape index (κ1) is 13.7. The Bertz CT molecular complexity index is 366. The Balaban J connectivity index is 2.90. The fourth-order valence-electron chi connectivity index (χ4n) is 1.73. The van der Waals surface area contributed by atoms with E-state index in [0.29, 0.717) is 5.02 Å². The molecule has 1 aromatic carbocycles. The van der Waals surface area contributed by atoms with Gasteiger partial charge >= 0.3 is 0 Å². The predicted octanol–water partition coefficient (Wildman–Crippen LogP) is 2.83. The van der Waals surface area contributed by atoms with Gasteiger partial charge in [-0.05, 0) is 32.5 Å². The van der Waals surface area contributed by atoms with E-state index in [1.807, 2.05) is 32.2 Å². The molecule has 0 aliphatic heterocycles. The Morgan fingerprint density at radius 1 is 1.44 bits per heavy atom. The molecule has 0 saturated carbocycles. The van der Waals surface area contributed by atoms with Gasteiger partial charge in [0.25, 0.3) is 0 Å². The zero-order valence-electron chi connectivity index (χ0n) is 9.87. The van der Waals surface area contributed by atoms with E-state index in [0.717, 1.165) is 11.3 Å². The smallest absolute Gasteiger partial charge is 0.0588 e. The SMILES string of the molecule is CCC(NC)C(C)S(=O)c1ccccc1Cl. The quantitative estimate of drug-likeness (QED) is 0.881. The molecule has 0 spiro atoms. The van der Waals surface area contributed by atoms with Gasteiger partial charge in [0.05, 0.1) is 26.0 Å². The number of benzene rings is 1. The maximum absolute atomic E-state index is 12.3. The average Bonchev–Trinajstić information content (AvgIpc) is 2.30. The van der Waals surface area contributed by atoms with Crippen molar-refractivity contribution in [3.63, 3.8) is 0 Å². The number of hydrogen-bond donors (Lipinski definition) is 1. The van der Waals surface area contributed by atoms with Gasteiger partial charge in [0.15, 0.2) is 0 Å². The van der Waals surface area contributed by atoms with Gasteiger partial charge in [-0.2, -0.15) is 0 Å². The number of rotatable bonds is 5. The first-order chi connectivity index (χ1) is 7.61. The van der Waals surface area contributed by atoms with Gasteiger partial charge in [-0.1, -0.05) is 30.7 Å². The van der Waals surface area contributed by atoms with Gasteiger partial charge in [-0.3, -0.25) is 4.21 Å². The minimum Gasteiger partial charge on any atom is -0.316 e. The van der Waals surface area contributed by atoms with Crippen LogP contribution in [0.1, 0.15) is 20.3 Å². The van der Waals surface area contributed by atoms with E-state index < -0.39 is 10.8 Å². The third-order valence-electron chi connectivity index (χ3n) is 2.77. The standard InChI is InChI=1S/C12H18ClNOS/c1-4-11(14-3)9(2)16(15)12-8-6-5-7-10(12)13/h5-9,11,14H,4H2,1-3H3. The van der Waals surface area contributed by atoms with E-state index in [9.17, 15) is 4.21 Å². The summed E-state index contributed by atoms with van der Waals surface area (Å²) in [6.07, 6.45) is 0.952. The number of hydrogen-bond acceptors (Lipinski definition) is 2. The molecular weight excluding hydrogens is 242 g/mol. The summed E-state index contributed by atoms with van der Waals surface area (Å²) in [6, 6.07) is 7.58. The van der Waals surface area contributed by atoms with Crippen molar-refractivity contribution in [2.24, 2.45) is 0 Å². The molecule has 1 N–H and O–H groups in total. The zero-order valence-corrected chi connectivity index (χ0v) is 11.4. The lowest BCUT2D eigenvalue weighted by molar-refractivity contribution is 0.529. The van der Waals surface area contributed by atoms with E-state index >= 15 is 0 Å². The first-order valence-corrected chi connectivity index (χ1v) is 7.03. The van der Waals surface area contributed by atoms with E-state index in [-0.39, 0.29) is 11.3 Å². The minimum atomic E-state index is -1.06. The van der Waals surface area contributed by atoms with Crippen molar-refractivity contribution in [1.82, 2.24) is 5.32 Å². The first-order valence-electron chi connectivity index (χ1n) is 5.44. The third-order valence-corrected chi connectivity index (χ3v) is 5.00. The highest BCUT2D eigenvalue weighted by Gasteiger charge is 2.22. The van der Waals surface area contributed by atoms with Gasteiger partial charge in [-0.25, -0.2) is 0 Å². The zero-order chi connectivity index (χ0) is 12.1. The highest BCUT2D eigenvalue weighted by atomic mass is 35.5. The normalized spacial score (nSPS) is 16.8. The van der Waals surface area contributed by atoms with Gasteiger partial charge < -0.3 is 5.32 Å². The summed E-state index contributed by atoms with van der Waals surface area (Å²) >= 11 is 6.04. The highest BCUT2D eigenvalue weighted by Crippen LogP contribution is 2.23. The van der Waals surface area contributed by atoms with Crippen LogP contribution in [0, 0.1) is 0 Å². The van der Waals surface area contributed by atoms with Crippen LogP contribution in [0.2, 0.25) is 5.02 Å². The van der Waals surface area contributed by atoms with Gasteiger partial charge in [0.2, 0.25) is 0 Å². The van der Waals surface area contributed by atoms with Crippen LogP contribution < -0.4 is 5.32 Å². The molecule has 0 aliphatic rings. The maximum atomic E-state index is 12.3. The molecule has 0 heterocycles. The molecule has 16 heavy (non-hydrogen) atoms. The molecule has 0 aliphatic carbocycles. The molecule has 0 amide bonds. The Labute approximate surface area is 105 Å². The summed E-state index contributed by atoms with van der Waals surface area (Å²) in [5.41, 5.74) is 0. The molecule has 0 aromatic heterocycles. The number of halogens is 1. The summed E-state index contributed by atoms with van der Waals surface area (Å²) in [5, 5.41) is 3.82. The highest BCUT2D eigenvalue weighted by molar-refractivity contribution is 7.85. The Morgan fingerprint density at radius 3 is 2.56 bits per heavy atom. The van der Waals surface area contributed by atoms with Crippen LogP contribution in [0.4, 0.5) is 0 Å². The summed E-state index contributed by atoms with van der Waals surface area (Å²) in [6.45, 7) is 4.07. The Hall–Kier alpha value is -0.380. The lowest BCUT2D eigenvalue weighted by Crippen LogP contribution is -2.37. The molecule has 3 atom stereocenters. The van der Waals surface area contributed by atoms with Crippen LogP contribution in [0.15, 0.2) is 29.2 Å². The summed E-state index contributed by atoms with van der Waals surface area (Å²) in [7, 11) is 0.833. The summed E-state index contributed by atoms with van der Waals surface area (Å²) in [4.78, 5) is 0.727. The average molecular weight is 260 g/mol. The van der Waals surface area contributed by atoms with Gasteiger partial charge in [0, 0.05) is 6.04 Å². The van der Waals surface area contributed by atoms with Crippen LogP contribution in [-0.4, -0.2) is 22.5 Å². The Morgan fingerprint density at radius 2 is 2.06 bits per heavy atom. The van der Waals surface area contributed by atoms with Crippen LogP contribution in [0.25, 0.3) is 0 Å². The largest absolute Gasteiger partial charge is 0.316 e. The summed E-state index contributed by atoms with van der Waals surface area (Å²) in [5.74, 6) is 0. The lowest BCUT2D eigenvalue weighted by Gasteiger charge is -2.21. The van der Waals surface area contributed by atoms with Gasteiger partial charge in [0.1, 0.15) is 0 Å². The van der Waals surface area contributed by atoms with Crippen molar-refractivity contribution in [2.75, 3.05) is 7.05 Å². The van der Waals surface area contributed by atoms with Crippen LogP contribution >= 0.6 is 11.6 Å². The van der Waals surface area contributed by atoms with Crippen molar-refractivity contribution in [3.05, 3.63) is 29.3 Å². The molecule has 0 radical (unpaired) electrons. The molecule has 0 fully saturated rings. The Kier molecular flexibility index (Phi) is 5.46. The topological polar surface area (TPSA) is 29.1 Å². The molecule has 3 unspecified atom stereocenters. The van der Waals surface area contributed by atoms with Crippen molar-refractivity contribution < 1.29 is 4.21 Å². The molecule has 4 heteroatoms. The molecule has 90 valence electrons. The van der Waals surface area contributed by atoms with Crippen LogP contribution in [0.3, 0.4) is 0 Å². The third kappa shape index (κ3) is 3.06. The van der Waals surface area contributed by atoms with Crippen molar-refractivity contribution in [2.45, 2.75) is 36.5 Å². The molecule has 1 aromatic rings. The second-order valence-electron chi connectivity index (χ2n) is 3.74. The van der Waals surface area contributed by atoms with Gasteiger partial charge in [-0.15, -0.1) is 0 Å². The molecular formula is C12H18ClNOS. The maximum Gasteiger partial charge on any atom is 0.0588 e. The van der Waals surface area contributed by atoms with Crippen molar-refractivity contribution in [3.8, 4) is 0 Å². The minimum absolute atomic E-state index is 0.0508. The van der Waals surface area contributed by atoms with E-state index in [2.05, 4.69) is 12.2 Å².